The van der Waals surface area contributed by atoms with Gasteiger partial charge in [0, 0.05) is 37.4 Å². The Hall–Kier alpha value is -3.48. The summed E-state index contributed by atoms with van der Waals surface area (Å²) in [6.07, 6.45) is 2.26. The number of hydrogen-bond acceptors (Lipinski definition) is 7. The molecular formula is C27H32N4O7S. The first-order valence-corrected chi connectivity index (χ1v) is 14.6. The van der Waals surface area contributed by atoms with Crippen molar-refractivity contribution in [1.82, 2.24) is 9.21 Å². The zero-order chi connectivity index (χ0) is 27.6. The smallest absolute Gasteiger partial charge is 0.268 e. The molecule has 0 radical (unpaired) electrons. The number of sulfonamides is 1. The molecule has 208 valence electrons. The van der Waals surface area contributed by atoms with Crippen LogP contribution in [-0.4, -0.2) is 87.4 Å². The van der Waals surface area contributed by atoms with E-state index in [2.05, 4.69) is 5.32 Å². The average Bonchev–Trinajstić information content (AvgIpc) is 2.96. The lowest BCUT2D eigenvalue weighted by molar-refractivity contribution is -0.133. The summed E-state index contributed by atoms with van der Waals surface area (Å²) in [5.74, 6) is -0.445. The van der Waals surface area contributed by atoms with E-state index in [1.54, 1.807) is 30.0 Å². The second kappa shape index (κ2) is 11.3. The Kier molecular flexibility index (Phi) is 7.87. The van der Waals surface area contributed by atoms with Gasteiger partial charge in [0.15, 0.2) is 6.10 Å². The van der Waals surface area contributed by atoms with Crippen LogP contribution in [0.4, 0.5) is 11.4 Å². The van der Waals surface area contributed by atoms with Crippen LogP contribution in [-0.2, 0) is 24.3 Å². The molecule has 5 rings (SSSR count). The van der Waals surface area contributed by atoms with E-state index in [4.69, 9.17) is 9.47 Å². The minimum absolute atomic E-state index is 0.101. The van der Waals surface area contributed by atoms with Crippen molar-refractivity contribution in [3.05, 3.63) is 48.0 Å². The summed E-state index contributed by atoms with van der Waals surface area (Å²) < 4.78 is 38.0. The number of rotatable bonds is 6. The Balaban J connectivity index is 1.31. The summed E-state index contributed by atoms with van der Waals surface area (Å²) in [6, 6.07) is 10.7. The highest BCUT2D eigenvalue weighted by Gasteiger charge is 2.34. The maximum atomic E-state index is 13.0. The Labute approximate surface area is 227 Å². The molecule has 2 fully saturated rings. The van der Waals surface area contributed by atoms with Crippen molar-refractivity contribution >= 4 is 39.1 Å². The molecule has 12 heteroatoms. The van der Waals surface area contributed by atoms with Crippen LogP contribution in [0.25, 0.3) is 0 Å². The molecule has 3 amide bonds. The van der Waals surface area contributed by atoms with Gasteiger partial charge in [0.2, 0.25) is 15.9 Å². The van der Waals surface area contributed by atoms with Gasteiger partial charge in [-0.05, 0) is 68.7 Å². The molecule has 1 unspecified atom stereocenters. The Morgan fingerprint density at radius 2 is 1.67 bits per heavy atom. The second-order valence-electron chi connectivity index (χ2n) is 9.80. The summed E-state index contributed by atoms with van der Waals surface area (Å²) in [4.78, 5) is 42.2. The van der Waals surface area contributed by atoms with Crippen LogP contribution in [0.3, 0.4) is 0 Å². The summed E-state index contributed by atoms with van der Waals surface area (Å²) in [6.45, 7) is 4.17. The highest BCUT2D eigenvalue weighted by molar-refractivity contribution is 7.89. The summed E-state index contributed by atoms with van der Waals surface area (Å²) in [7, 11) is -3.67. The summed E-state index contributed by atoms with van der Waals surface area (Å²) >= 11 is 0. The molecule has 3 aliphatic heterocycles. The fourth-order valence-corrected chi connectivity index (χ4v) is 6.35. The third-order valence-corrected chi connectivity index (χ3v) is 9.06. The van der Waals surface area contributed by atoms with Crippen molar-refractivity contribution in [3.63, 3.8) is 0 Å². The maximum absolute atomic E-state index is 13.0. The SMILES string of the molecule is CC1Oc2ccc(NC(=O)c3ccc(S(=O)(=O)N4CCOCC4)cc3)cc2N(CC(=O)N2CCCCC2)C1=O. The summed E-state index contributed by atoms with van der Waals surface area (Å²) in [5.41, 5.74) is 1.09. The van der Waals surface area contributed by atoms with E-state index in [1.807, 2.05) is 0 Å². The highest BCUT2D eigenvalue weighted by atomic mass is 32.2. The zero-order valence-corrected chi connectivity index (χ0v) is 22.6. The first kappa shape index (κ1) is 27.1. The highest BCUT2D eigenvalue weighted by Crippen LogP contribution is 2.36. The zero-order valence-electron chi connectivity index (χ0n) is 21.8. The van der Waals surface area contributed by atoms with Crippen LogP contribution in [0.1, 0.15) is 36.5 Å². The molecule has 3 heterocycles. The minimum atomic E-state index is -3.67. The fourth-order valence-electron chi connectivity index (χ4n) is 4.94. The van der Waals surface area contributed by atoms with Gasteiger partial charge in [-0.3, -0.25) is 19.3 Å². The molecule has 1 N–H and O–H groups in total. The standard InChI is InChI=1S/C27H32N4O7S/c1-19-27(34)31(18-25(32)29-11-3-2-4-12-29)23-17-21(7-10-24(23)38-19)28-26(33)20-5-8-22(9-6-20)39(35,36)30-13-15-37-16-14-30/h5-10,17,19H,2-4,11-16,18H2,1H3,(H,28,33). The van der Waals surface area contributed by atoms with Crippen LogP contribution in [0, 0.1) is 0 Å². The monoisotopic (exact) mass is 556 g/mol. The topological polar surface area (TPSA) is 126 Å². The number of amides is 3. The van der Waals surface area contributed by atoms with Crippen molar-refractivity contribution in [2.45, 2.75) is 37.2 Å². The van der Waals surface area contributed by atoms with Gasteiger partial charge in [-0.25, -0.2) is 8.42 Å². The molecule has 0 bridgehead atoms. The predicted molar refractivity (Wildman–Crippen MR) is 143 cm³/mol. The summed E-state index contributed by atoms with van der Waals surface area (Å²) in [5, 5.41) is 2.79. The normalized spacial score (nSPS) is 20.2. The Bertz CT molecular complexity index is 1350. The number of benzene rings is 2. The molecule has 11 nitrogen and oxygen atoms in total. The van der Waals surface area contributed by atoms with Crippen molar-refractivity contribution in [1.29, 1.82) is 0 Å². The third kappa shape index (κ3) is 5.77. The van der Waals surface area contributed by atoms with E-state index in [0.29, 0.717) is 43.4 Å². The first-order valence-electron chi connectivity index (χ1n) is 13.1. The number of carbonyl (C=O) groups excluding carboxylic acids is 3. The Morgan fingerprint density at radius 3 is 2.36 bits per heavy atom. The van der Waals surface area contributed by atoms with E-state index in [1.165, 1.54) is 33.5 Å². The fraction of sp³-hybridized carbons (Fsp3) is 0.444. The van der Waals surface area contributed by atoms with E-state index < -0.39 is 22.0 Å². The van der Waals surface area contributed by atoms with Gasteiger partial charge < -0.3 is 19.7 Å². The van der Waals surface area contributed by atoms with E-state index in [-0.39, 0.29) is 41.9 Å². The molecule has 0 saturated carbocycles. The number of morpholine rings is 1. The van der Waals surface area contributed by atoms with Crippen molar-refractivity contribution < 1.29 is 32.3 Å². The molecule has 2 saturated heterocycles. The molecular weight excluding hydrogens is 524 g/mol. The van der Waals surface area contributed by atoms with Crippen LogP contribution >= 0.6 is 0 Å². The van der Waals surface area contributed by atoms with Gasteiger partial charge in [-0.2, -0.15) is 4.31 Å². The van der Waals surface area contributed by atoms with E-state index in [0.717, 1.165) is 19.3 Å². The molecule has 0 aromatic heterocycles. The lowest BCUT2D eigenvalue weighted by Crippen LogP contribution is -2.50. The number of nitrogens with one attached hydrogen (secondary N) is 1. The number of anilines is 2. The number of fused-ring (bicyclic) bond motifs is 1. The van der Waals surface area contributed by atoms with Crippen molar-refractivity contribution in [2.75, 3.05) is 56.2 Å². The quantitative estimate of drug-likeness (QED) is 0.578. The van der Waals surface area contributed by atoms with Gasteiger partial charge in [0.05, 0.1) is 23.8 Å². The number of nitrogens with zero attached hydrogens (tertiary/aromatic N) is 3. The van der Waals surface area contributed by atoms with Gasteiger partial charge in [-0.15, -0.1) is 0 Å². The number of likely N-dealkylation sites (tertiary alicyclic amines) is 1. The lowest BCUT2D eigenvalue weighted by Gasteiger charge is -2.35. The van der Waals surface area contributed by atoms with Crippen LogP contribution < -0.4 is 15.0 Å². The van der Waals surface area contributed by atoms with Gasteiger partial charge in [0.1, 0.15) is 12.3 Å². The molecule has 3 aliphatic rings. The molecule has 0 aliphatic carbocycles. The second-order valence-corrected chi connectivity index (χ2v) is 11.7. The Morgan fingerprint density at radius 1 is 0.974 bits per heavy atom. The molecule has 2 aromatic carbocycles. The lowest BCUT2D eigenvalue weighted by atomic mass is 10.1. The van der Waals surface area contributed by atoms with Crippen LogP contribution in [0.2, 0.25) is 0 Å². The van der Waals surface area contributed by atoms with Crippen molar-refractivity contribution in [2.24, 2.45) is 0 Å². The molecule has 1 atom stereocenters. The van der Waals surface area contributed by atoms with E-state index in [9.17, 15) is 22.8 Å². The van der Waals surface area contributed by atoms with Crippen LogP contribution in [0.5, 0.6) is 5.75 Å². The molecule has 39 heavy (non-hydrogen) atoms. The predicted octanol–water partition coefficient (Wildman–Crippen LogP) is 2.09. The largest absolute Gasteiger partial charge is 0.479 e. The minimum Gasteiger partial charge on any atom is -0.479 e. The number of hydrogen-bond donors (Lipinski definition) is 1. The van der Waals surface area contributed by atoms with Gasteiger partial charge in [-0.1, -0.05) is 0 Å². The van der Waals surface area contributed by atoms with Gasteiger partial charge in [0.25, 0.3) is 11.8 Å². The number of piperidine rings is 1. The maximum Gasteiger partial charge on any atom is 0.268 e. The molecule has 2 aromatic rings. The van der Waals surface area contributed by atoms with Crippen molar-refractivity contribution in [3.8, 4) is 5.75 Å². The van der Waals surface area contributed by atoms with Gasteiger partial charge >= 0.3 is 0 Å². The van der Waals surface area contributed by atoms with Crippen LogP contribution in [0.15, 0.2) is 47.4 Å². The van der Waals surface area contributed by atoms with E-state index >= 15 is 0 Å². The first-order chi connectivity index (χ1) is 18.7. The molecule has 0 spiro atoms. The average molecular weight is 557 g/mol. The number of ether oxygens (including phenoxy) is 2. The number of carbonyl (C=O) groups is 3. The third-order valence-electron chi connectivity index (χ3n) is 7.15.